The van der Waals surface area contributed by atoms with Gasteiger partial charge in [-0.3, -0.25) is 0 Å². The Kier molecular flexibility index (Phi) is 9.87. The average molecular weight is 477 g/mol. The van der Waals surface area contributed by atoms with Crippen LogP contribution in [0.4, 0.5) is 0 Å². The number of hydrogen-bond acceptors (Lipinski definition) is 8. The number of aliphatic hydroxyl groups is 4. The van der Waals surface area contributed by atoms with E-state index in [1.54, 1.807) is 24.3 Å². The Hall–Kier alpha value is -2.20. The second-order valence-corrected chi connectivity index (χ2v) is 10.2. The molecule has 0 spiro atoms. The van der Waals surface area contributed by atoms with E-state index in [9.17, 15) is 30.6 Å². The molecule has 0 saturated heterocycles. The zero-order chi connectivity index (χ0) is 25.5. The minimum absolute atomic E-state index is 0.00541. The lowest BCUT2D eigenvalue weighted by Gasteiger charge is -2.34. The van der Waals surface area contributed by atoms with Crippen LogP contribution in [0, 0.1) is 0 Å². The van der Waals surface area contributed by atoms with Crippen molar-refractivity contribution in [2.45, 2.75) is 77.0 Å². The maximum atomic E-state index is 10.5. The summed E-state index contributed by atoms with van der Waals surface area (Å²) in [6, 6.07) is 9.43. The first-order valence-electron chi connectivity index (χ1n) is 11.6. The maximum absolute atomic E-state index is 10.5. The van der Waals surface area contributed by atoms with Gasteiger partial charge < -0.3 is 41.3 Å². The first-order valence-corrected chi connectivity index (χ1v) is 11.6. The highest BCUT2D eigenvalue weighted by molar-refractivity contribution is 5.37. The Morgan fingerprint density at radius 2 is 1.03 bits per heavy atom. The van der Waals surface area contributed by atoms with Gasteiger partial charge in [0.15, 0.2) is 0 Å². The van der Waals surface area contributed by atoms with E-state index >= 15 is 0 Å². The number of rotatable bonds is 13. The highest BCUT2D eigenvalue weighted by atomic mass is 16.3. The third-order valence-electron chi connectivity index (χ3n) is 6.24. The fourth-order valence-electron chi connectivity index (χ4n) is 3.66. The quantitative estimate of drug-likeness (QED) is 0.220. The molecule has 0 radical (unpaired) electrons. The predicted molar refractivity (Wildman–Crippen MR) is 131 cm³/mol. The molecule has 0 aliphatic rings. The molecule has 2 atom stereocenters. The third-order valence-corrected chi connectivity index (χ3v) is 6.24. The summed E-state index contributed by atoms with van der Waals surface area (Å²) < 4.78 is 0. The van der Waals surface area contributed by atoms with E-state index in [1.165, 1.54) is 12.1 Å². The van der Waals surface area contributed by atoms with Gasteiger partial charge in [-0.05, 0) is 75.9 Å². The number of aromatic hydroxyl groups is 2. The number of hydrogen-bond donors (Lipinski definition) is 8. The molecule has 8 heteroatoms. The van der Waals surface area contributed by atoms with E-state index in [2.05, 4.69) is 38.3 Å². The van der Waals surface area contributed by atoms with Crippen molar-refractivity contribution in [1.29, 1.82) is 0 Å². The van der Waals surface area contributed by atoms with Crippen molar-refractivity contribution in [3.63, 3.8) is 0 Å². The molecule has 190 valence electrons. The number of nitrogens with one attached hydrogen (secondary N) is 2. The van der Waals surface area contributed by atoms with Crippen LogP contribution in [0.2, 0.25) is 0 Å². The van der Waals surface area contributed by atoms with E-state index in [0.29, 0.717) is 35.3 Å². The Labute approximate surface area is 201 Å². The second kappa shape index (κ2) is 12.0. The lowest BCUT2D eigenvalue weighted by atomic mass is 9.89. The van der Waals surface area contributed by atoms with Crippen LogP contribution in [0.15, 0.2) is 36.4 Å². The molecule has 2 aromatic carbocycles. The van der Waals surface area contributed by atoms with E-state index in [0.717, 1.165) is 12.8 Å². The van der Waals surface area contributed by atoms with Gasteiger partial charge in [-0.1, -0.05) is 12.1 Å². The fourth-order valence-corrected chi connectivity index (χ4v) is 3.66. The zero-order valence-electron chi connectivity index (χ0n) is 20.5. The van der Waals surface area contributed by atoms with Crippen molar-refractivity contribution in [3.8, 4) is 11.5 Å². The summed E-state index contributed by atoms with van der Waals surface area (Å²) in [5, 5.41) is 65.9. The van der Waals surface area contributed by atoms with Crippen molar-refractivity contribution >= 4 is 0 Å². The minimum atomic E-state index is -0.777. The van der Waals surface area contributed by atoms with E-state index in [-0.39, 0.29) is 35.8 Å². The van der Waals surface area contributed by atoms with Crippen LogP contribution in [0.5, 0.6) is 11.5 Å². The third kappa shape index (κ3) is 8.23. The molecule has 2 aromatic rings. The molecule has 8 nitrogen and oxygen atoms in total. The molecule has 0 bridgehead atoms. The van der Waals surface area contributed by atoms with E-state index in [4.69, 9.17) is 0 Å². The Bertz CT molecular complexity index is 856. The molecule has 0 heterocycles. The molecule has 0 amide bonds. The van der Waals surface area contributed by atoms with Crippen molar-refractivity contribution in [1.82, 2.24) is 10.6 Å². The highest BCUT2D eigenvalue weighted by Gasteiger charge is 2.25. The van der Waals surface area contributed by atoms with Crippen LogP contribution in [0.1, 0.15) is 75.0 Å². The Morgan fingerprint density at radius 3 is 1.35 bits per heavy atom. The predicted octanol–water partition coefficient (Wildman–Crippen LogP) is 2.37. The molecule has 2 rings (SSSR count). The van der Waals surface area contributed by atoms with Crippen LogP contribution in [0.25, 0.3) is 0 Å². The van der Waals surface area contributed by atoms with Gasteiger partial charge in [0.1, 0.15) is 11.5 Å². The molecule has 0 fully saturated rings. The maximum Gasteiger partial charge on any atom is 0.121 e. The van der Waals surface area contributed by atoms with Crippen LogP contribution >= 0.6 is 0 Å². The molecule has 0 aromatic heterocycles. The van der Waals surface area contributed by atoms with Crippen LogP contribution in [-0.2, 0) is 13.2 Å². The molecule has 0 aliphatic carbocycles. The van der Waals surface area contributed by atoms with Crippen molar-refractivity contribution < 1.29 is 30.6 Å². The molecule has 8 N–H and O–H groups in total. The van der Waals surface area contributed by atoms with Gasteiger partial charge in [0.05, 0.1) is 25.4 Å². The number of benzene rings is 2. The van der Waals surface area contributed by atoms with Crippen molar-refractivity contribution in [2.24, 2.45) is 0 Å². The number of phenols is 2. The molecule has 34 heavy (non-hydrogen) atoms. The average Bonchev–Trinajstić information content (AvgIpc) is 2.80. The SMILES string of the molecule is CC(C)(CCC(C)(C)NCC(O)c1ccc(O)c(CO)c1)NCC(O)c1ccc(O)c(CO)c1. The van der Waals surface area contributed by atoms with Crippen molar-refractivity contribution in [2.75, 3.05) is 13.1 Å². The summed E-state index contributed by atoms with van der Waals surface area (Å²) >= 11 is 0. The topological polar surface area (TPSA) is 145 Å². The van der Waals surface area contributed by atoms with Gasteiger partial charge in [-0.2, -0.15) is 0 Å². The smallest absolute Gasteiger partial charge is 0.121 e. The van der Waals surface area contributed by atoms with E-state index < -0.39 is 12.2 Å². The summed E-state index contributed by atoms with van der Waals surface area (Å²) in [6.45, 7) is 8.31. The lowest BCUT2D eigenvalue weighted by Crippen LogP contribution is -2.46. The second-order valence-electron chi connectivity index (χ2n) is 10.2. The fraction of sp³-hybridized carbons (Fsp3) is 0.538. The Morgan fingerprint density at radius 1 is 0.676 bits per heavy atom. The number of β-amino-alcohol motifs (C(OH)–C–C–N with tert-alkyl or cyclic N) is 2. The van der Waals surface area contributed by atoms with Crippen LogP contribution < -0.4 is 10.6 Å². The van der Waals surface area contributed by atoms with Gasteiger partial charge in [0.2, 0.25) is 0 Å². The minimum Gasteiger partial charge on any atom is -0.508 e. The monoisotopic (exact) mass is 476 g/mol. The molecular formula is C26H40N2O6. The van der Waals surface area contributed by atoms with Crippen LogP contribution in [-0.4, -0.2) is 54.8 Å². The van der Waals surface area contributed by atoms with Gasteiger partial charge in [-0.15, -0.1) is 0 Å². The number of aliphatic hydroxyl groups excluding tert-OH is 4. The van der Waals surface area contributed by atoms with Gasteiger partial charge in [-0.25, -0.2) is 0 Å². The van der Waals surface area contributed by atoms with Crippen molar-refractivity contribution in [3.05, 3.63) is 58.7 Å². The largest absolute Gasteiger partial charge is 0.508 e. The molecular weight excluding hydrogens is 436 g/mol. The summed E-state index contributed by atoms with van der Waals surface area (Å²) in [4.78, 5) is 0. The summed E-state index contributed by atoms with van der Waals surface area (Å²) in [6.07, 6.45) is 0.0589. The standard InChI is InChI=1S/C26H40N2O6/c1-25(2,27-13-23(33)17-5-7-21(31)19(11-17)15-29)9-10-26(3,4)28-14-24(34)18-6-8-22(32)20(12-18)16-30/h5-8,11-12,23-24,27-34H,9-10,13-16H2,1-4H3. The molecule has 0 aliphatic heterocycles. The summed E-state index contributed by atoms with van der Waals surface area (Å²) in [7, 11) is 0. The first-order chi connectivity index (χ1) is 15.9. The lowest BCUT2D eigenvalue weighted by molar-refractivity contribution is 0.147. The summed E-state index contributed by atoms with van der Waals surface area (Å²) in [5.74, 6) is 0.0108. The summed E-state index contributed by atoms with van der Waals surface area (Å²) in [5.41, 5.74) is 1.49. The molecule has 2 unspecified atom stereocenters. The molecule has 0 saturated carbocycles. The van der Waals surface area contributed by atoms with Gasteiger partial charge >= 0.3 is 0 Å². The van der Waals surface area contributed by atoms with E-state index in [1.807, 2.05) is 0 Å². The van der Waals surface area contributed by atoms with Gasteiger partial charge in [0, 0.05) is 35.3 Å². The first kappa shape index (κ1) is 28.0. The Balaban J connectivity index is 1.85. The highest BCUT2D eigenvalue weighted by Crippen LogP contribution is 2.25. The normalized spacial score (nSPS) is 14.2. The van der Waals surface area contributed by atoms with Gasteiger partial charge in [0.25, 0.3) is 0 Å². The van der Waals surface area contributed by atoms with Crippen LogP contribution in [0.3, 0.4) is 0 Å². The zero-order valence-corrected chi connectivity index (χ0v) is 20.5.